The molecule has 9 nitrogen and oxygen atoms in total. The van der Waals surface area contributed by atoms with Gasteiger partial charge >= 0.3 is 19.8 Å². The standard InChI is InChI=1S/C69H130NO8P/c1-3-5-7-9-11-13-15-17-19-21-22-23-24-25-26-27-28-29-30-31-32-33-34-35-36-37-38-39-40-41-42-43-44-46-48-50-52-54-56-58-60-62-69(72)78-67(66-77-79(73,74)76-64-63-70)65-75-68(71)61-59-57-55-53-51-49-47-45-20-18-16-14-12-10-8-6-4-2/h12,14-15,17-18,20-22,67H,3-11,13,16,19,23-66,70H2,1-2H3,(H,73,74)/b14-12-,17-15-,20-18-,22-21-. The number of hydrogen-bond donors (Lipinski definition) is 2. The Morgan fingerprint density at radius 3 is 0.987 bits per heavy atom. The smallest absolute Gasteiger partial charge is 0.462 e. The third-order valence-electron chi connectivity index (χ3n) is 15.2. The third-order valence-corrected chi connectivity index (χ3v) is 16.2. The Morgan fingerprint density at radius 2 is 0.658 bits per heavy atom. The highest BCUT2D eigenvalue weighted by Crippen LogP contribution is 2.43. The van der Waals surface area contributed by atoms with Crippen molar-refractivity contribution in [2.45, 2.75) is 354 Å². The molecule has 0 heterocycles. The number of esters is 2. The fraction of sp³-hybridized carbons (Fsp3) is 0.855. The molecule has 0 aromatic heterocycles. The first-order valence-corrected chi connectivity index (χ1v) is 35.6. The Kier molecular flexibility index (Phi) is 63.5. The molecular formula is C69H130NO8P. The van der Waals surface area contributed by atoms with Gasteiger partial charge in [-0.25, -0.2) is 4.57 Å². The Hall–Kier alpha value is -2.03. The summed E-state index contributed by atoms with van der Waals surface area (Å²) in [5.74, 6) is -0.822. The number of phosphoric acid groups is 1. The van der Waals surface area contributed by atoms with Crippen molar-refractivity contribution in [3.63, 3.8) is 0 Å². The number of carbonyl (C=O) groups is 2. The topological polar surface area (TPSA) is 134 Å². The first-order valence-electron chi connectivity index (χ1n) is 34.1. The van der Waals surface area contributed by atoms with Crippen LogP contribution < -0.4 is 5.73 Å². The second kappa shape index (κ2) is 65.1. The van der Waals surface area contributed by atoms with Crippen LogP contribution in [0, 0.1) is 0 Å². The van der Waals surface area contributed by atoms with E-state index in [1.54, 1.807) is 0 Å². The van der Waals surface area contributed by atoms with E-state index in [0.29, 0.717) is 6.42 Å². The van der Waals surface area contributed by atoms with Gasteiger partial charge in [0.25, 0.3) is 0 Å². The maximum absolute atomic E-state index is 12.7. The molecule has 0 saturated carbocycles. The lowest BCUT2D eigenvalue weighted by molar-refractivity contribution is -0.161. The van der Waals surface area contributed by atoms with Gasteiger partial charge in [0.05, 0.1) is 13.2 Å². The molecule has 0 amide bonds. The molecule has 0 aromatic rings. The lowest BCUT2D eigenvalue weighted by atomic mass is 10.0. The fourth-order valence-electron chi connectivity index (χ4n) is 10.1. The van der Waals surface area contributed by atoms with Gasteiger partial charge in [0.1, 0.15) is 6.61 Å². The van der Waals surface area contributed by atoms with Crippen molar-refractivity contribution in [2.75, 3.05) is 26.4 Å². The zero-order valence-electron chi connectivity index (χ0n) is 52.1. The Labute approximate surface area is 489 Å². The molecule has 3 N–H and O–H groups in total. The van der Waals surface area contributed by atoms with Crippen LogP contribution in [0.4, 0.5) is 0 Å². The van der Waals surface area contributed by atoms with E-state index in [1.807, 2.05) is 0 Å². The van der Waals surface area contributed by atoms with E-state index < -0.39 is 26.5 Å². The molecule has 0 bridgehead atoms. The number of nitrogens with two attached hydrogens (primary N) is 1. The fourth-order valence-corrected chi connectivity index (χ4v) is 10.9. The molecule has 0 saturated heterocycles. The van der Waals surface area contributed by atoms with Gasteiger partial charge in [0.15, 0.2) is 6.10 Å². The predicted octanol–water partition coefficient (Wildman–Crippen LogP) is 22.1. The molecule has 2 atom stereocenters. The summed E-state index contributed by atoms with van der Waals surface area (Å²) in [5, 5.41) is 0. The van der Waals surface area contributed by atoms with Gasteiger partial charge in [0, 0.05) is 19.4 Å². The number of allylic oxidation sites excluding steroid dienone is 8. The van der Waals surface area contributed by atoms with Crippen molar-refractivity contribution in [1.29, 1.82) is 0 Å². The van der Waals surface area contributed by atoms with E-state index in [0.717, 1.165) is 57.8 Å². The van der Waals surface area contributed by atoms with Crippen LogP contribution in [-0.2, 0) is 32.7 Å². The van der Waals surface area contributed by atoms with Crippen LogP contribution in [0.3, 0.4) is 0 Å². The van der Waals surface area contributed by atoms with Crippen LogP contribution in [-0.4, -0.2) is 49.3 Å². The lowest BCUT2D eigenvalue weighted by Crippen LogP contribution is -2.29. The predicted molar refractivity (Wildman–Crippen MR) is 340 cm³/mol. The zero-order chi connectivity index (χ0) is 57.3. The van der Waals surface area contributed by atoms with E-state index in [4.69, 9.17) is 24.3 Å². The first-order chi connectivity index (χ1) is 38.8. The summed E-state index contributed by atoms with van der Waals surface area (Å²) < 4.78 is 33.1. The molecule has 464 valence electrons. The highest BCUT2D eigenvalue weighted by molar-refractivity contribution is 7.47. The molecule has 0 fully saturated rings. The number of hydrogen-bond acceptors (Lipinski definition) is 8. The second-order valence-electron chi connectivity index (χ2n) is 23.0. The molecule has 0 spiro atoms. The largest absolute Gasteiger partial charge is 0.472 e. The van der Waals surface area contributed by atoms with E-state index in [1.165, 1.54) is 257 Å². The molecule has 10 heteroatoms. The van der Waals surface area contributed by atoms with Gasteiger partial charge in [-0.15, -0.1) is 0 Å². The molecule has 0 radical (unpaired) electrons. The van der Waals surface area contributed by atoms with E-state index in [2.05, 4.69) is 62.5 Å². The summed E-state index contributed by atoms with van der Waals surface area (Å²) in [5.41, 5.74) is 5.39. The van der Waals surface area contributed by atoms with Crippen molar-refractivity contribution < 1.29 is 37.6 Å². The summed E-state index contributed by atoms with van der Waals surface area (Å²) in [6, 6.07) is 0. The van der Waals surface area contributed by atoms with Crippen molar-refractivity contribution in [3.05, 3.63) is 48.6 Å². The van der Waals surface area contributed by atoms with Crippen molar-refractivity contribution >= 4 is 19.8 Å². The Bertz CT molecular complexity index is 1430. The highest BCUT2D eigenvalue weighted by atomic mass is 31.2. The molecule has 0 aliphatic heterocycles. The molecule has 0 aliphatic rings. The third kappa shape index (κ3) is 65.0. The molecule has 2 unspecified atom stereocenters. The van der Waals surface area contributed by atoms with Crippen molar-refractivity contribution in [1.82, 2.24) is 0 Å². The maximum Gasteiger partial charge on any atom is 0.472 e. The van der Waals surface area contributed by atoms with Gasteiger partial charge < -0.3 is 20.1 Å². The normalized spacial score (nSPS) is 13.2. The summed E-state index contributed by atoms with van der Waals surface area (Å²) in [6.45, 7) is 3.74. The van der Waals surface area contributed by atoms with Gasteiger partial charge in [-0.3, -0.25) is 18.6 Å². The Morgan fingerprint density at radius 1 is 0.380 bits per heavy atom. The van der Waals surface area contributed by atoms with Crippen LogP contribution in [0.1, 0.15) is 348 Å². The minimum Gasteiger partial charge on any atom is -0.462 e. The van der Waals surface area contributed by atoms with Crippen LogP contribution >= 0.6 is 7.82 Å². The molecule has 0 aliphatic carbocycles. The number of ether oxygens (including phenoxy) is 2. The summed E-state index contributed by atoms with van der Waals surface area (Å²) in [6.07, 6.45) is 82.2. The van der Waals surface area contributed by atoms with Gasteiger partial charge in [-0.1, -0.05) is 306 Å². The van der Waals surface area contributed by atoms with Crippen LogP contribution in [0.25, 0.3) is 0 Å². The lowest BCUT2D eigenvalue weighted by Gasteiger charge is -2.19. The van der Waals surface area contributed by atoms with E-state index in [-0.39, 0.29) is 38.6 Å². The number of phosphoric ester groups is 1. The van der Waals surface area contributed by atoms with E-state index in [9.17, 15) is 19.0 Å². The van der Waals surface area contributed by atoms with Gasteiger partial charge in [-0.05, 0) is 77.0 Å². The zero-order valence-corrected chi connectivity index (χ0v) is 53.0. The number of rotatable bonds is 65. The summed E-state index contributed by atoms with van der Waals surface area (Å²) >= 11 is 0. The van der Waals surface area contributed by atoms with Crippen LogP contribution in [0.5, 0.6) is 0 Å². The average Bonchev–Trinajstić information content (AvgIpc) is 3.44. The Balaban J connectivity index is 3.73. The number of unbranched alkanes of at least 4 members (excludes halogenated alkanes) is 44. The van der Waals surface area contributed by atoms with E-state index >= 15 is 0 Å². The minimum atomic E-state index is -4.39. The summed E-state index contributed by atoms with van der Waals surface area (Å²) in [7, 11) is -4.39. The average molecular weight is 1130 g/mol. The molecule has 0 rings (SSSR count). The van der Waals surface area contributed by atoms with Gasteiger partial charge in [-0.2, -0.15) is 0 Å². The summed E-state index contributed by atoms with van der Waals surface area (Å²) in [4.78, 5) is 35.2. The van der Waals surface area contributed by atoms with Crippen molar-refractivity contribution in [2.24, 2.45) is 5.73 Å². The van der Waals surface area contributed by atoms with Gasteiger partial charge in [0.2, 0.25) is 0 Å². The monoisotopic (exact) mass is 1130 g/mol. The second-order valence-corrected chi connectivity index (χ2v) is 24.5. The molecular weight excluding hydrogens is 1000 g/mol. The quantitative estimate of drug-likeness (QED) is 0.0264. The minimum absolute atomic E-state index is 0.0534. The maximum atomic E-state index is 12.7. The van der Waals surface area contributed by atoms with Crippen molar-refractivity contribution in [3.8, 4) is 0 Å². The van der Waals surface area contributed by atoms with Crippen LogP contribution in [0.15, 0.2) is 48.6 Å². The SMILES string of the molecule is CCCCC/C=C\C/C=C\CCCCCCCCCC(=O)OCC(COP(=O)(O)OCCN)OC(=O)CCCCCCCCCCCCCCCCCCCCCCCCCCCCCCC/C=C\C/C=C\CCCCCCC. The number of carbonyl (C=O) groups excluding carboxylic acids is 2. The highest BCUT2D eigenvalue weighted by Gasteiger charge is 2.26. The molecule has 79 heavy (non-hydrogen) atoms. The molecule has 0 aromatic carbocycles. The first kappa shape index (κ1) is 77.0. The van der Waals surface area contributed by atoms with Crippen LogP contribution in [0.2, 0.25) is 0 Å².